The molecule has 0 radical (unpaired) electrons. The SMILES string of the molecule is O=C(CCC1C(=O)N=C2c3ccccc3N=C(SCC(=O)NCc3ccccc3)N21)NCc1ccccc1. The van der Waals surface area contributed by atoms with Gasteiger partial charge in [-0.05, 0) is 29.7 Å². The Morgan fingerprint density at radius 1 is 0.789 bits per heavy atom. The molecule has 3 aromatic carbocycles. The lowest BCUT2D eigenvalue weighted by Gasteiger charge is -2.31. The van der Waals surface area contributed by atoms with E-state index in [-0.39, 0.29) is 36.3 Å². The van der Waals surface area contributed by atoms with E-state index >= 15 is 0 Å². The molecule has 0 saturated heterocycles. The van der Waals surface area contributed by atoms with Gasteiger partial charge in [0.2, 0.25) is 11.8 Å². The molecule has 38 heavy (non-hydrogen) atoms. The number of carbonyl (C=O) groups is 3. The van der Waals surface area contributed by atoms with Crippen LogP contribution in [-0.4, -0.2) is 45.4 Å². The summed E-state index contributed by atoms with van der Waals surface area (Å²) < 4.78 is 0. The van der Waals surface area contributed by atoms with Crippen LogP contribution in [-0.2, 0) is 27.5 Å². The van der Waals surface area contributed by atoms with Gasteiger partial charge >= 0.3 is 0 Å². The summed E-state index contributed by atoms with van der Waals surface area (Å²) in [6, 6.07) is 26.2. The molecule has 0 aliphatic carbocycles. The van der Waals surface area contributed by atoms with E-state index in [9.17, 15) is 14.4 Å². The van der Waals surface area contributed by atoms with Crippen LogP contribution in [0.4, 0.5) is 5.69 Å². The van der Waals surface area contributed by atoms with Crippen molar-refractivity contribution in [3.63, 3.8) is 0 Å². The van der Waals surface area contributed by atoms with Gasteiger partial charge in [0.1, 0.15) is 11.9 Å². The van der Waals surface area contributed by atoms with Gasteiger partial charge < -0.3 is 10.6 Å². The number of nitrogens with one attached hydrogen (secondary N) is 2. The van der Waals surface area contributed by atoms with Gasteiger partial charge in [0.05, 0.1) is 11.4 Å². The fourth-order valence-corrected chi connectivity index (χ4v) is 5.18. The first-order valence-corrected chi connectivity index (χ1v) is 13.4. The monoisotopic (exact) mass is 525 g/mol. The van der Waals surface area contributed by atoms with E-state index in [0.29, 0.717) is 29.8 Å². The number of para-hydroxylation sites is 1. The standard InChI is InChI=1S/C29H27N5O3S/c35-25(30-17-20-9-3-1-4-10-20)16-15-24-28(37)33-27-22-13-7-8-14-23(22)32-29(34(24)27)38-19-26(36)31-18-21-11-5-2-6-12-21/h1-14,24H,15-19H2,(H,30,35)(H,31,36). The molecule has 1 unspecified atom stereocenters. The number of amidine groups is 2. The van der Waals surface area contributed by atoms with Crippen molar-refractivity contribution < 1.29 is 14.4 Å². The number of thioether (sulfide) groups is 1. The molecule has 2 aliphatic heterocycles. The second-order valence-corrected chi connectivity index (χ2v) is 9.87. The van der Waals surface area contributed by atoms with Gasteiger partial charge in [-0.2, -0.15) is 4.99 Å². The summed E-state index contributed by atoms with van der Waals surface area (Å²) in [4.78, 5) is 49.0. The third-order valence-electron chi connectivity index (χ3n) is 6.25. The molecule has 2 N–H and O–H groups in total. The van der Waals surface area contributed by atoms with Crippen LogP contribution in [0.1, 0.15) is 29.5 Å². The maximum Gasteiger partial charge on any atom is 0.270 e. The maximum atomic E-state index is 13.0. The Labute approximate surface area is 225 Å². The van der Waals surface area contributed by atoms with Crippen LogP contribution in [0.25, 0.3) is 0 Å². The largest absolute Gasteiger partial charge is 0.352 e. The molecular formula is C29H27N5O3S. The predicted molar refractivity (Wildman–Crippen MR) is 149 cm³/mol. The van der Waals surface area contributed by atoms with Crippen LogP contribution >= 0.6 is 11.8 Å². The highest BCUT2D eigenvalue weighted by atomic mass is 32.2. The number of fused-ring (bicyclic) bond motifs is 3. The highest BCUT2D eigenvalue weighted by Crippen LogP contribution is 2.35. The van der Waals surface area contributed by atoms with E-state index in [4.69, 9.17) is 4.99 Å². The second-order valence-electron chi connectivity index (χ2n) is 8.92. The molecular weight excluding hydrogens is 498 g/mol. The van der Waals surface area contributed by atoms with Gasteiger partial charge in [0.25, 0.3) is 5.91 Å². The average molecular weight is 526 g/mol. The molecule has 1 atom stereocenters. The number of aliphatic imine (C=N–C) groups is 2. The minimum Gasteiger partial charge on any atom is -0.352 e. The van der Waals surface area contributed by atoms with E-state index in [1.54, 1.807) is 4.90 Å². The van der Waals surface area contributed by atoms with E-state index in [1.165, 1.54) is 11.8 Å². The summed E-state index contributed by atoms with van der Waals surface area (Å²) in [5, 5.41) is 6.36. The first-order valence-electron chi connectivity index (χ1n) is 12.4. The van der Waals surface area contributed by atoms with Crippen molar-refractivity contribution in [2.45, 2.75) is 32.0 Å². The topological polar surface area (TPSA) is 103 Å². The van der Waals surface area contributed by atoms with Gasteiger partial charge in [-0.1, -0.05) is 84.6 Å². The number of carbonyl (C=O) groups excluding carboxylic acids is 3. The van der Waals surface area contributed by atoms with Gasteiger partial charge in [-0.25, -0.2) is 4.99 Å². The van der Waals surface area contributed by atoms with Crippen molar-refractivity contribution in [3.05, 3.63) is 102 Å². The van der Waals surface area contributed by atoms with Crippen molar-refractivity contribution in [1.29, 1.82) is 0 Å². The lowest BCUT2D eigenvalue weighted by atomic mass is 10.1. The van der Waals surface area contributed by atoms with Gasteiger partial charge in [0.15, 0.2) is 5.17 Å². The zero-order valence-corrected chi connectivity index (χ0v) is 21.5. The minimum absolute atomic E-state index is 0.135. The van der Waals surface area contributed by atoms with Crippen LogP contribution in [0.15, 0.2) is 94.9 Å². The normalized spacial score (nSPS) is 15.7. The first kappa shape index (κ1) is 25.4. The molecule has 0 aromatic heterocycles. The molecule has 0 saturated carbocycles. The number of nitrogens with zero attached hydrogens (tertiary/aromatic N) is 3. The van der Waals surface area contributed by atoms with Crippen LogP contribution in [0, 0.1) is 0 Å². The highest BCUT2D eigenvalue weighted by molar-refractivity contribution is 8.14. The highest BCUT2D eigenvalue weighted by Gasteiger charge is 2.41. The van der Waals surface area contributed by atoms with Crippen LogP contribution < -0.4 is 10.6 Å². The summed E-state index contributed by atoms with van der Waals surface area (Å²) in [6.07, 6.45) is 0.452. The maximum absolute atomic E-state index is 13.0. The Morgan fingerprint density at radius 3 is 2.08 bits per heavy atom. The van der Waals surface area contributed by atoms with E-state index < -0.39 is 6.04 Å². The molecule has 3 amide bonds. The van der Waals surface area contributed by atoms with Gasteiger partial charge in [-0.3, -0.25) is 19.3 Å². The summed E-state index contributed by atoms with van der Waals surface area (Å²) in [5.41, 5.74) is 3.48. The quantitative estimate of drug-likeness (QED) is 0.443. The number of hydrogen-bond acceptors (Lipinski definition) is 6. The fraction of sp³-hybridized carbons (Fsp3) is 0.207. The molecule has 5 rings (SSSR count). The summed E-state index contributed by atoms with van der Waals surface area (Å²) in [6.45, 7) is 0.864. The van der Waals surface area contributed by atoms with Crippen molar-refractivity contribution in [1.82, 2.24) is 15.5 Å². The Bertz CT molecular complexity index is 1390. The van der Waals surface area contributed by atoms with Crippen LogP contribution in [0.3, 0.4) is 0 Å². The Hall–Kier alpha value is -4.24. The molecule has 2 aliphatic rings. The van der Waals surface area contributed by atoms with Crippen LogP contribution in [0.5, 0.6) is 0 Å². The van der Waals surface area contributed by atoms with E-state index in [2.05, 4.69) is 15.6 Å². The number of rotatable bonds is 9. The fourth-order valence-electron chi connectivity index (χ4n) is 4.31. The van der Waals surface area contributed by atoms with E-state index in [1.807, 2.05) is 84.9 Å². The molecule has 0 spiro atoms. The van der Waals surface area contributed by atoms with Crippen molar-refractivity contribution in [3.8, 4) is 0 Å². The van der Waals surface area contributed by atoms with Crippen molar-refractivity contribution in [2.24, 2.45) is 9.98 Å². The predicted octanol–water partition coefficient (Wildman–Crippen LogP) is 3.79. The third-order valence-corrected chi connectivity index (χ3v) is 7.20. The minimum atomic E-state index is -0.653. The second kappa shape index (κ2) is 11.9. The first-order chi connectivity index (χ1) is 18.6. The number of amides is 3. The van der Waals surface area contributed by atoms with Crippen LogP contribution in [0.2, 0.25) is 0 Å². The lowest BCUT2D eigenvalue weighted by Crippen LogP contribution is -2.44. The summed E-state index contributed by atoms with van der Waals surface area (Å²) in [5.74, 6) is 0.0629. The molecule has 3 aromatic rings. The van der Waals surface area contributed by atoms with E-state index in [0.717, 1.165) is 16.7 Å². The Morgan fingerprint density at radius 2 is 1.39 bits per heavy atom. The summed E-state index contributed by atoms with van der Waals surface area (Å²) in [7, 11) is 0. The van der Waals surface area contributed by atoms with Gasteiger partial charge in [0, 0.05) is 25.1 Å². The Balaban J connectivity index is 1.24. The third kappa shape index (κ3) is 6.00. The van der Waals surface area contributed by atoms with Gasteiger partial charge in [-0.15, -0.1) is 0 Å². The van der Waals surface area contributed by atoms with Crippen molar-refractivity contribution >= 4 is 46.2 Å². The molecule has 0 bridgehead atoms. The zero-order chi connectivity index (χ0) is 26.3. The average Bonchev–Trinajstić information content (AvgIpc) is 3.29. The molecule has 2 heterocycles. The molecule has 0 fully saturated rings. The zero-order valence-electron chi connectivity index (χ0n) is 20.7. The number of hydrogen-bond donors (Lipinski definition) is 2. The molecule has 9 heteroatoms. The van der Waals surface area contributed by atoms with Crippen molar-refractivity contribution in [2.75, 3.05) is 5.75 Å². The Kier molecular flexibility index (Phi) is 7.94. The molecule has 192 valence electrons. The molecule has 8 nitrogen and oxygen atoms in total. The summed E-state index contributed by atoms with van der Waals surface area (Å²) >= 11 is 1.26. The number of benzene rings is 3. The lowest BCUT2D eigenvalue weighted by molar-refractivity contribution is -0.122. The smallest absolute Gasteiger partial charge is 0.270 e.